The lowest BCUT2D eigenvalue weighted by Gasteiger charge is -2.43. The maximum atomic E-state index is 6.94. The molecule has 0 aliphatic carbocycles. The van der Waals surface area contributed by atoms with Gasteiger partial charge in [0.15, 0.2) is 0 Å². The van der Waals surface area contributed by atoms with E-state index in [1.807, 2.05) is 0 Å². The van der Waals surface area contributed by atoms with Gasteiger partial charge in [-0.15, -0.1) is 11.8 Å². The fourth-order valence-corrected chi connectivity index (χ4v) is 8.70. The molecule has 2 aromatic rings. The van der Waals surface area contributed by atoms with Crippen LogP contribution in [0, 0.1) is 5.92 Å². The van der Waals surface area contributed by atoms with E-state index >= 15 is 0 Å². The number of hydrogen-bond donors (Lipinski definition) is 0. The standard InChI is InChI=1S/C24H36O2SSi/c1-21(19-25-20-27-5)13-12-18-26-28(24(2,3)4,22-14-8-6-9-15-22)23-16-10-7-11-17-23/h6-11,14-17,21H,12-13,18-20H2,1-5H3/t21-/m1/s1. The molecule has 0 N–H and O–H groups in total. The van der Waals surface area contributed by atoms with Gasteiger partial charge >= 0.3 is 0 Å². The third-order valence-corrected chi connectivity index (χ3v) is 10.6. The molecule has 0 saturated carbocycles. The van der Waals surface area contributed by atoms with E-state index in [1.54, 1.807) is 11.8 Å². The van der Waals surface area contributed by atoms with Crippen LogP contribution in [0.3, 0.4) is 0 Å². The van der Waals surface area contributed by atoms with E-state index in [0.717, 1.165) is 32.0 Å². The van der Waals surface area contributed by atoms with Crippen LogP contribution in [0.4, 0.5) is 0 Å². The summed E-state index contributed by atoms with van der Waals surface area (Å²) in [5, 5.41) is 2.75. The molecule has 2 nitrogen and oxygen atoms in total. The molecule has 0 aromatic heterocycles. The van der Waals surface area contributed by atoms with Crippen molar-refractivity contribution in [2.75, 3.05) is 25.4 Å². The molecule has 28 heavy (non-hydrogen) atoms. The second-order valence-corrected chi connectivity index (χ2v) is 13.7. The highest BCUT2D eigenvalue weighted by molar-refractivity contribution is 7.98. The van der Waals surface area contributed by atoms with Crippen LogP contribution < -0.4 is 10.4 Å². The van der Waals surface area contributed by atoms with Gasteiger partial charge in [0.25, 0.3) is 8.32 Å². The minimum atomic E-state index is -2.39. The van der Waals surface area contributed by atoms with Crippen LogP contribution in [0.15, 0.2) is 60.7 Å². The van der Waals surface area contributed by atoms with E-state index in [4.69, 9.17) is 9.16 Å². The Hall–Kier alpha value is -1.07. The molecule has 0 radical (unpaired) electrons. The van der Waals surface area contributed by atoms with Crippen LogP contribution in [0.2, 0.25) is 5.04 Å². The predicted molar refractivity (Wildman–Crippen MR) is 126 cm³/mol. The van der Waals surface area contributed by atoms with Crippen molar-refractivity contribution < 1.29 is 9.16 Å². The van der Waals surface area contributed by atoms with Crippen molar-refractivity contribution in [3.05, 3.63) is 60.7 Å². The first-order valence-electron chi connectivity index (χ1n) is 10.2. The Kier molecular flexibility index (Phi) is 9.28. The molecule has 0 bridgehead atoms. The molecule has 0 fully saturated rings. The molecular formula is C24H36O2SSi. The summed E-state index contributed by atoms with van der Waals surface area (Å²) in [6, 6.07) is 21.7. The Labute approximate surface area is 177 Å². The molecule has 0 spiro atoms. The predicted octanol–water partition coefficient (Wildman–Crippen LogP) is 5.32. The van der Waals surface area contributed by atoms with Gasteiger partial charge in [0, 0.05) is 6.61 Å². The van der Waals surface area contributed by atoms with Crippen LogP contribution in [0.5, 0.6) is 0 Å². The first kappa shape index (κ1) is 23.2. The molecule has 2 aromatic carbocycles. The minimum absolute atomic E-state index is 0.0444. The van der Waals surface area contributed by atoms with Gasteiger partial charge < -0.3 is 9.16 Å². The minimum Gasteiger partial charge on any atom is -0.407 e. The number of thioether (sulfide) groups is 1. The van der Waals surface area contributed by atoms with Crippen LogP contribution in [-0.2, 0) is 9.16 Å². The molecule has 0 heterocycles. The summed E-state index contributed by atoms with van der Waals surface area (Å²) >= 11 is 1.73. The SMILES string of the molecule is CSCOC[C@H](C)CCCO[Si](c1ccccc1)(c1ccccc1)C(C)(C)C. The van der Waals surface area contributed by atoms with Gasteiger partial charge in [0.05, 0.1) is 12.5 Å². The summed E-state index contributed by atoms with van der Waals surface area (Å²) in [5.74, 6) is 1.35. The lowest BCUT2D eigenvalue weighted by molar-refractivity contribution is 0.138. The van der Waals surface area contributed by atoms with Crippen molar-refractivity contribution in [1.82, 2.24) is 0 Å². The average molecular weight is 417 g/mol. The average Bonchev–Trinajstić information content (AvgIpc) is 2.69. The molecular weight excluding hydrogens is 380 g/mol. The second kappa shape index (κ2) is 11.2. The Balaban J connectivity index is 2.18. The van der Waals surface area contributed by atoms with Crippen molar-refractivity contribution in [3.8, 4) is 0 Å². The summed E-state index contributed by atoms with van der Waals surface area (Å²) in [4.78, 5) is 0. The highest BCUT2D eigenvalue weighted by Gasteiger charge is 2.49. The number of ether oxygens (including phenoxy) is 1. The summed E-state index contributed by atoms with van der Waals surface area (Å²) < 4.78 is 12.6. The highest BCUT2D eigenvalue weighted by atomic mass is 32.2. The van der Waals surface area contributed by atoms with Gasteiger partial charge in [-0.05, 0) is 40.4 Å². The molecule has 0 aliphatic heterocycles. The number of rotatable bonds is 11. The smallest absolute Gasteiger partial charge is 0.261 e. The zero-order chi connectivity index (χ0) is 20.5. The molecule has 0 saturated heterocycles. The van der Waals surface area contributed by atoms with Crippen molar-refractivity contribution >= 4 is 30.5 Å². The Morgan fingerprint density at radius 3 is 1.93 bits per heavy atom. The second-order valence-electron chi connectivity index (χ2n) is 8.54. The van der Waals surface area contributed by atoms with Gasteiger partial charge in [0.1, 0.15) is 0 Å². The fourth-order valence-electron chi connectivity index (χ4n) is 3.83. The van der Waals surface area contributed by atoms with Crippen molar-refractivity contribution in [1.29, 1.82) is 0 Å². The molecule has 0 unspecified atom stereocenters. The van der Waals surface area contributed by atoms with E-state index in [9.17, 15) is 0 Å². The zero-order valence-corrected chi connectivity index (χ0v) is 19.9. The summed E-state index contributed by atoms with van der Waals surface area (Å²) in [6.07, 6.45) is 4.27. The van der Waals surface area contributed by atoms with E-state index in [2.05, 4.69) is 94.6 Å². The molecule has 0 amide bonds. The quantitative estimate of drug-likeness (QED) is 0.281. The molecule has 2 rings (SSSR count). The molecule has 154 valence electrons. The third-order valence-electron chi connectivity index (χ3n) is 5.18. The van der Waals surface area contributed by atoms with E-state index < -0.39 is 8.32 Å². The summed E-state index contributed by atoms with van der Waals surface area (Å²) in [5.41, 5.74) is 0. The van der Waals surface area contributed by atoms with Gasteiger partial charge in [0.2, 0.25) is 0 Å². The number of benzene rings is 2. The molecule has 1 atom stereocenters. The molecule has 4 heteroatoms. The van der Waals surface area contributed by atoms with Crippen LogP contribution in [-0.4, -0.2) is 33.7 Å². The Morgan fingerprint density at radius 1 is 0.929 bits per heavy atom. The van der Waals surface area contributed by atoms with Crippen LogP contribution >= 0.6 is 11.8 Å². The largest absolute Gasteiger partial charge is 0.407 e. The maximum absolute atomic E-state index is 6.94. The highest BCUT2D eigenvalue weighted by Crippen LogP contribution is 2.36. The lowest BCUT2D eigenvalue weighted by atomic mass is 10.1. The fraction of sp³-hybridized carbons (Fsp3) is 0.500. The van der Waals surface area contributed by atoms with E-state index in [-0.39, 0.29) is 5.04 Å². The van der Waals surface area contributed by atoms with Gasteiger partial charge in [-0.1, -0.05) is 88.4 Å². The van der Waals surface area contributed by atoms with Crippen molar-refractivity contribution in [2.24, 2.45) is 5.92 Å². The van der Waals surface area contributed by atoms with Gasteiger partial charge in [-0.3, -0.25) is 0 Å². The van der Waals surface area contributed by atoms with Gasteiger partial charge in [-0.25, -0.2) is 0 Å². The summed E-state index contributed by atoms with van der Waals surface area (Å²) in [6.45, 7) is 10.9. The van der Waals surface area contributed by atoms with Gasteiger partial charge in [-0.2, -0.15) is 0 Å². The summed E-state index contributed by atoms with van der Waals surface area (Å²) in [7, 11) is -2.39. The van der Waals surface area contributed by atoms with Crippen LogP contribution in [0.1, 0.15) is 40.5 Å². The van der Waals surface area contributed by atoms with E-state index in [1.165, 1.54) is 10.4 Å². The van der Waals surface area contributed by atoms with E-state index in [0.29, 0.717) is 5.92 Å². The third kappa shape index (κ3) is 5.96. The Bertz CT molecular complexity index is 631. The first-order chi connectivity index (χ1) is 13.4. The normalized spacial score (nSPS) is 13.5. The molecule has 0 aliphatic rings. The van der Waals surface area contributed by atoms with Crippen LogP contribution in [0.25, 0.3) is 0 Å². The monoisotopic (exact) mass is 416 g/mol. The van der Waals surface area contributed by atoms with Crippen molar-refractivity contribution in [2.45, 2.75) is 45.6 Å². The first-order valence-corrected chi connectivity index (χ1v) is 13.5. The van der Waals surface area contributed by atoms with Crippen molar-refractivity contribution in [3.63, 3.8) is 0 Å². The zero-order valence-electron chi connectivity index (χ0n) is 18.1. The lowest BCUT2D eigenvalue weighted by Crippen LogP contribution is -2.66. The maximum Gasteiger partial charge on any atom is 0.261 e. The number of hydrogen-bond acceptors (Lipinski definition) is 3. The Morgan fingerprint density at radius 2 is 1.46 bits per heavy atom. The topological polar surface area (TPSA) is 18.5 Å².